The van der Waals surface area contributed by atoms with Crippen molar-refractivity contribution in [2.24, 2.45) is 5.41 Å². The zero-order valence-corrected chi connectivity index (χ0v) is 20.4. The zero-order valence-electron chi connectivity index (χ0n) is 20.4. The number of ether oxygens (including phenoxy) is 1. The molecule has 0 saturated carbocycles. The summed E-state index contributed by atoms with van der Waals surface area (Å²) in [4.78, 5) is 11.6. The van der Waals surface area contributed by atoms with E-state index in [9.17, 15) is 4.79 Å². The van der Waals surface area contributed by atoms with Gasteiger partial charge in [0.05, 0.1) is 6.42 Å². The maximum Gasteiger partial charge on any atom is 0.306 e. The molecule has 0 amide bonds. The predicted octanol–water partition coefficient (Wildman–Crippen LogP) is 9.47. The Morgan fingerprint density at radius 2 is 1.18 bits per heavy atom. The minimum Gasteiger partial charge on any atom is -0.461 e. The lowest BCUT2D eigenvalue weighted by Crippen LogP contribution is -2.17. The molecular weight excluding hydrogens is 344 g/mol. The van der Waals surface area contributed by atoms with Crippen molar-refractivity contribution in [1.82, 2.24) is 0 Å². The third kappa shape index (κ3) is 35.7. The molecule has 0 aliphatic rings. The van der Waals surface area contributed by atoms with Crippen LogP contribution in [-0.4, -0.2) is 5.97 Å². The standard InChI is InChI=1S/C14H20O2.3C3H8.C2H6.CH4/c1-4-14(2,3)10-13(15)16-11-12-8-6-5-7-9-12;3*1-3-2;1-2;/h5-9H,4,10-11H2,1-3H3;3*3H2,1-2H3;1-2H3;1H4. The predicted molar refractivity (Wildman–Crippen MR) is 131 cm³/mol. The monoisotopic (exact) mass is 398 g/mol. The summed E-state index contributed by atoms with van der Waals surface area (Å²) in [6, 6.07) is 9.75. The van der Waals surface area contributed by atoms with Gasteiger partial charge in [-0.25, -0.2) is 0 Å². The van der Waals surface area contributed by atoms with Crippen LogP contribution >= 0.6 is 0 Å². The summed E-state index contributed by atoms with van der Waals surface area (Å²) >= 11 is 0. The molecule has 0 heterocycles. The number of carbonyl (C=O) groups is 1. The minimum atomic E-state index is -0.115. The molecule has 0 atom stereocenters. The lowest BCUT2D eigenvalue weighted by molar-refractivity contribution is -0.147. The first-order valence-corrected chi connectivity index (χ1v) is 11.0. The van der Waals surface area contributed by atoms with Gasteiger partial charge in [-0.3, -0.25) is 4.79 Å². The Bertz CT molecular complexity index is 365. The van der Waals surface area contributed by atoms with Crippen molar-refractivity contribution < 1.29 is 9.53 Å². The maximum absolute atomic E-state index is 11.6. The fraction of sp³-hybridized carbons (Fsp3) is 0.731. The molecule has 0 fully saturated rings. The summed E-state index contributed by atoms with van der Waals surface area (Å²) in [6.45, 7) is 23.4. The Morgan fingerprint density at radius 3 is 1.50 bits per heavy atom. The van der Waals surface area contributed by atoms with E-state index < -0.39 is 0 Å². The van der Waals surface area contributed by atoms with Crippen LogP contribution in [-0.2, 0) is 16.1 Å². The van der Waals surface area contributed by atoms with Crippen molar-refractivity contribution in [3.8, 4) is 0 Å². The van der Waals surface area contributed by atoms with Gasteiger partial charge in [-0.2, -0.15) is 0 Å². The van der Waals surface area contributed by atoms with Crippen molar-refractivity contribution in [3.05, 3.63) is 35.9 Å². The molecule has 0 N–H and O–H groups in total. The summed E-state index contributed by atoms with van der Waals surface area (Å²) < 4.78 is 5.23. The number of benzene rings is 1. The normalized spacial score (nSPS) is 8.54. The number of hydrogen-bond acceptors (Lipinski definition) is 2. The van der Waals surface area contributed by atoms with Crippen molar-refractivity contribution in [2.75, 3.05) is 0 Å². The van der Waals surface area contributed by atoms with Gasteiger partial charge in [-0.1, -0.05) is 140 Å². The average molecular weight is 399 g/mol. The van der Waals surface area contributed by atoms with Crippen LogP contribution < -0.4 is 0 Å². The van der Waals surface area contributed by atoms with Gasteiger partial charge in [0.1, 0.15) is 6.61 Å². The van der Waals surface area contributed by atoms with E-state index in [1.165, 1.54) is 19.3 Å². The second-order valence-corrected chi connectivity index (χ2v) is 6.96. The molecule has 0 unspecified atom stereocenters. The van der Waals surface area contributed by atoms with Crippen LogP contribution in [0.2, 0.25) is 0 Å². The van der Waals surface area contributed by atoms with E-state index in [1.54, 1.807) is 0 Å². The van der Waals surface area contributed by atoms with Gasteiger partial charge in [0.15, 0.2) is 0 Å². The Kier molecular flexibility index (Phi) is 40.7. The van der Waals surface area contributed by atoms with Gasteiger partial charge < -0.3 is 4.74 Å². The molecule has 0 aliphatic carbocycles. The maximum atomic E-state index is 11.6. The van der Waals surface area contributed by atoms with E-state index in [0.29, 0.717) is 13.0 Å². The lowest BCUT2D eigenvalue weighted by Gasteiger charge is -2.20. The number of carbonyl (C=O) groups excluding carboxylic acids is 1. The molecule has 28 heavy (non-hydrogen) atoms. The van der Waals surface area contributed by atoms with Crippen molar-refractivity contribution in [1.29, 1.82) is 0 Å². The van der Waals surface area contributed by atoms with Crippen molar-refractivity contribution >= 4 is 5.97 Å². The van der Waals surface area contributed by atoms with Crippen molar-refractivity contribution in [3.63, 3.8) is 0 Å². The molecule has 0 radical (unpaired) electrons. The van der Waals surface area contributed by atoms with Gasteiger partial charge in [-0.05, 0) is 11.0 Å². The van der Waals surface area contributed by atoms with Gasteiger partial charge in [-0.15, -0.1) is 0 Å². The molecule has 2 nitrogen and oxygen atoms in total. The molecule has 1 aromatic rings. The van der Waals surface area contributed by atoms with E-state index in [1.807, 2.05) is 44.2 Å². The fourth-order valence-corrected chi connectivity index (χ4v) is 1.30. The zero-order chi connectivity index (χ0) is 22.1. The third-order valence-electron chi connectivity index (χ3n) is 2.82. The summed E-state index contributed by atoms with van der Waals surface area (Å²) in [6.07, 6.45) is 5.21. The highest BCUT2D eigenvalue weighted by Crippen LogP contribution is 2.24. The summed E-state index contributed by atoms with van der Waals surface area (Å²) in [5.41, 5.74) is 1.07. The van der Waals surface area contributed by atoms with E-state index in [0.717, 1.165) is 12.0 Å². The van der Waals surface area contributed by atoms with Crippen LogP contribution in [0.3, 0.4) is 0 Å². The van der Waals surface area contributed by atoms with Crippen LogP contribution in [0, 0.1) is 5.41 Å². The summed E-state index contributed by atoms with van der Waals surface area (Å²) in [5.74, 6) is -0.115. The quantitative estimate of drug-likeness (QED) is 0.461. The largest absolute Gasteiger partial charge is 0.461 e. The third-order valence-corrected chi connectivity index (χ3v) is 2.82. The molecule has 2 heteroatoms. The van der Waals surface area contributed by atoms with Gasteiger partial charge >= 0.3 is 5.97 Å². The SMILES string of the molecule is C.CC.CCC.CCC.CCC.CCC(C)(C)CC(=O)OCc1ccccc1. The molecule has 0 bridgehead atoms. The van der Waals surface area contributed by atoms with E-state index in [2.05, 4.69) is 62.3 Å². The summed E-state index contributed by atoms with van der Waals surface area (Å²) in [7, 11) is 0. The van der Waals surface area contributed by atoms with Gasteiger partial charge in [0, 0.05) is 0 Å². The van der Waals surface area contributed by atoms with E-state index in [-0.39, 0.29) is 18.8 Å². The van der Waals surface area contributed by atoms with Crippen molar-refractivity contribution in [2.45, 2.75) is 122 Å². The highest BCUT2D eigenvalue weighted by molar-refractivity contribution is 5.70. The first kappa shape index (κ1) is 37.4. The Morgan fingerprint density at radius 1 is 0.821 bits per heavy atom. The molecule has 1 aromatic carbocycles. The van der Waals surface area contributed by atoms with E-state index >= 15 is 0 Å². The number of esters is 1. The smallest absolute Gasteiger partial charge is 0.306 e. The molecule has 0 saturated heterocycles. The minimum absolute atomic E-state index is 0. The van der Waals surface area contributed by atoms with Crippen LogP contribution in [0.1, 0.15) is 121 Å². The molecule has 0 spiro atoms. The Labute approximate surface area is 179 Å². The van der Waals surface area contributed by atoms with Gasteiger partial charge in [0.2, 0.25) is 0 Å². The van der Waals surface area contributed by atoms with Crippen LogP contribution in [0.4, 0.5) is 0 Å². The topological polar surface area (TPSA) is 26.3 Å². The first-order valence-electron chi connectivity index (χ1n) is 11.0. The van der Waals surface area contributed by atoms with Crippen LogP contribution in [0.25, 0.3) is 0 Å². The van der Waals surface area contributed by atoms with Crippen LogP contribution in [0.5, 0.6) is 0 Å². The molecule has 170 valence electrons. The Balaban J connectivity index is -0.000000124. The molecule has 0 aromatic heterocycles. The molecule has 1 rings (SSSR count). The van der Waals surface area contributed by atoms with E-state index in [4.69, 9.17) is 4.74 Å². The summed E-state index contributed by atoms with van der Waals surface area (Å²) in [5, 5.41) is 0. The first-order chi connectivity index (χ1) is 12.8. The molecule has 0 aliphatic heterocycles. The average Bonchev–Trinajstić information content (AvgIpc) is 2.64. The second-order valence-electron chi connectivity index (χ2n) is 6.96. The number of rotatable bonds is 5. The second kappa shape index (κ2) is 30.4. The van der Waals surface area contributed by atoms with Crippen LogP contribution in [0.15, 0.2) is 30.3 Å². The Hall–Kier alpha value is -1.31. The fourth-order valence-electron chi connectivity index (χ4n) is 1.30. The highest BCUT2D eigenvalue weighted by atomic mass is 16.5. The highest BCUT2D eigenvalue weighted by Gasteiger charge is 2.20. The number of hydrogen-bond donors (Lipinski definition) is 0. The van der Waals surface area contributed by atoms with Gasteiger partial charge in [0.25, 0.3) is 0 Å². The lowest BCUT2D eigenvalue weighted by atomic mass is 9.87. The molecular formula is C26H54O2.